The maximum Gasteiger partial charge on any atom is 0.165 e. The molecule has 0 aliphatic rings. The number of hydrogen-bond donors (Lipinski definition) is 2. The van der Waals surface area contributed by atoms with Crippen LogP contribution in [0.5, 0.6) is 0 Å². The molecular weight excluding hydrogens is 430 g/mol. The fourth-order valence-electron chi connectivity index (χ4n) is 3.68. The quantitative estimate of drug-likeness (QED) is 0.403. The van der Waals surface area contributed by atoms with Gasteiger partial charge < -0.3 is 10.4 Å². The van der Waals surface area contributed by atoms with E-state index in [0.717, 1.165) is 33.5 Å². The topological polar surface area (TPSA) is 130 Å². The van der Waals surface area contributed by atoms with Crippen molar-refractivity contribution in [3.63, 3.8) is 0 Å². The number of fused-ring (bicyclic) bond motifs is 1. The van der Waals surface area contributed by atoms with E-state index < -0.39 is 0 Å². The van der Waals surface area contributed by atoms with E-state index in [1.165, 1.54) is 0 Å². The molecule has 10 nitrogen and oxygen atoms in total. The van der Waals surface area contributed by atoms with Crippen molar-refractivity contribution in [1.82, 2.24) is 34.5 Å². The van der Waals surface area contributed by atoms with Gasteiger partial charge in [0.15, 0.2) is 17.3 Å². The molecule has 5 aromatic rings. The van der Waals surface area contributed by atoms with E-state index in [4.69, 9.17) is 4.98 Å². The normalized spacial score (nSPS) is 11.0. The molecule has 10 heteroatoms. The van der Waals surface area contributed by atoms with Crippen molar-refractivity contribution in [3.8, 4) is 17.7 Å². The molecule has 4 heterocycles. The van der Waals surface area contributed by atoms with Crippen LogP contribution in [0.25, 0.3) is 22.7 Å². The highest BCUT2D eigenvalue weighted by molar-refractivity contribution is 5.82. The Morgan fingerprint density at radius 3 is 2.71 bits per heavy atom. The summed E-state index contributed by atoms with van der Waals surface area (Å²) in [5.74, 6) is 1.87. The van der Waals surface area contributed by atoms with Gasteiger partial charge in [-0.15, -0.1) is 5.10 Å². The second-order valence-corrected chi connectivity index (χ2v) is 7.85. The first-order chi connectivity index (χ1) is 16.6. The number of aliphatic hydroxyl groups is 1. The summed E-state index contributed by atoms with van der Waals surface area (Å²) < 4.78 is 3.48. The highest BCUT2D eigenvalue weighted by Gasteiger charge is 2.14. The van der Waals surface area contributed by atoms with Crippen molar-refractivity contribution < 1.29 is 5.11 Å². The zero-order chi connectivity index (χ0) is 23.7. The Balaban J connectivity index is 1.52. The number of hydrogen-bond acceptors (Lipinski definition) is 8. The Kier molecular flexibility index (Phi) is 5.45. The predicted molar refractivity (Wildman–Crippen MR) is 126 cm³/mol. The molecule has 0 atom stereocenters. The first-order valence-corrected chi connectivity index (χ1v) is 10.7. The summed E-state index contributed by atoms with van der Waals surface area (Å²) in [5, 5.41) is 34.6. The smallest absolute Gasteiger partial charge is 0.165 e. The van der Waals surface area contributed by atoms with E-state index >= 15 is 0 Å². The van der Waals surface area contributed by atoms with Gasteiger partial charge in [-0.3, -0.25) is 4.57 Å². The highest BCUT2D eigenvalue weighted by atomic mass is 16.3. The number of aliphatic hydroxyl groups excluding tert-OH is 1. The SMILES string of the molecule is Cc1ccc(Nc2ccc3c(c2)ncn3-c2ccc(CCO)c(-n3cc(C)c(C#N)n3)n2)nn1. The molecule has 0 radical (unpaired) electrons. The number of anilines is 2. The van der Waals surface area contributed by atoms with E-state index in [1.807, 2.05) is 60.9 Å². The molecule has 2 N–H and O–H groups in total. The number of pyridine rings is 1. The van der Waals surface area contributed by atoms with E-state index in [-0.39, 0.29) is 6.61 Å². The minimum Gasteiger partial charge on any atom is -0.396 e. The Bertz CT molecular complexity index is 1530. The molecule has 0 amide bonds. The lowest BCUT2D eigenvalue weighted by molar-refractivity contribution is 0.299. The summed E-state index contributed by atoms with van der Waals surface area (Å²) in [6.07, 6.45) is 3.90. The Morgan fingerprint density at radius 2 is 1.97 bits per heavy atom. The molecule has 0 bridgehead atoms. The van der Waals surface area contributed by atoms with Gasteiger partial charge in [0.05, 0.1) is 16.7 Å². The van der Waals surface area contributed by atoms with Gasteiger partial charge >= 0.3 is 0 Å². The highest BCUT2D eigenvalue weighted by Crippen LogP contribution is 2.24. The number of nitrogens with zero attached hydrogens (tertiary/aromatic N) is 8. The third kappa shape index (κ3) is 3.96. The van der Waals surface area contributed by atoms with Gasteiger partial charge in [-0.05, 0) is 62.2 Å². The number of benzene rings is 1. The van der Waals surface area contributed by atoms with Crippen LogP contribution < -0.4 is 5.32 Å². The Hall–Kier alpha value is -4.62. The molecule has 0 saturated carbocycles. The third-order valence-corrected chi connectivity index (χ3v) is 5.41. The van der Waals surface area contributed by atoms with Gasteiger partial charge in [0, 0.05) is 24.1 Å². The zero-order valence-electron chi connectivity index (χ0n) is 18.6. The average Bonchev–Trinajstić information content (AvgIpc) is 3.44. The largest absolute Gasteiger partial charge is 0.396 e. The molecule has 0 aliphatic carbocycles. The summed E-state index contributed by atoms with van der Waals surface area (Å²) >= 11 is 0. The van der Waals surface area contributed by atoms with Crippen LogP contribution in [0.2, 0.25) is 0 Å². The molecule has 4 aromatic heterocycles. The summed E-state index contributed by atoms with van der Waals surface area (Å²) in [4.78, 5) is 9.36. The van der Waals surface area contributed by atoms with E-state index in [0.29, 0.717) is 29.6 Å². The lowest BCUT2D eigenvalue weighted by Crippen LogP contribution is -2.08. The van der Waals surface area contributed by atoms with Gasteiger partial charge in [-0.1, -0.05) is 6.07 Å². The molecule has 0 spiro atoms. The van der Waals surface area contributed by atoms with E-state index in [2.05, 4.69) is 31.7 Å². The van der Waals surface area contributed by atoms with Crippen molar-refractivity contribution in [3.05, 3.63) is 77.5 Å². The molecule has 5 rings (SSSR count). The minimum absolute atomic E-state index is 0.0193. The summed E-state index contributed by atoms with van der Waals surface area (Å²) in [6, 6.07) is 15.5. The van der Waals surface area contributed by atoms with Crippen molar-refractivity contribution in [1.29, 1.82) is 5.26 Å². The number of imidazole rings is 1. The van der Waals surface area contributed by atoms with E-state index in [9.17, 15) is 10.4 Å². The van der Waals surface area contributed by atoms with Crippen molar-refractivity contribution in [2.75, 3.05) is 11.9 Å². The van der Waals surface area contributed by atoms with Crippen LogP contribution in [0.15, 0.2) is 55.0 Å². The summed E-state index contributed by atoms with van der Waals surface area (Å²) in [6.45, 7) is 3.70. The standard InChI is InChI=1S/C24H21N9O/c1-15-13-33(31-20(15)12-25)24-17(9-10-34)4-8-23(28-24)32-14-26-19-11-18(5-6-21(19)32)27-22-7-3-16(2)29-30-22/h3-8,11,13-14,34H,9-10H2,1-2H3,(H,27,30). The lowest BCUT2D eigenvalue weighted by atomic mass is 10.2. The first kappa shape index (κ1) is 21.2. The fourth-order valence-corrected chi connectivity index (χ4v) is 3.68. The average molecular weight is 451 g/mol. The third-order valence-electron chi connectivity index (χ3n) is 5.41. The van der Waals surface area contributed by atoms with Crippen molar-refractivity contribution in [2.45, 2.75) is 20.3 Å². The van der Waals surface area contributed by atoms with Crippen LogP contribution in [0, 0.1) is 25.2 Å². The number of nitrogens with one attached hydrogen (secondary N) is 1. The number of nitriles is 1. The van der Waals surface area contributed by atoms with Crippen LogP contribution in [-0.4, -0.2) is 46.2 Å². The van der Waals surface area contributed by atoms with Gasteiger partial charge in [0.2, 0.25) is 0 Å². The summed E-state index contributed by atoms with van der Waals surface area (Å²) in [5.41, 5.74) is 5.29. The van der Waals surface area contributed by atoms with Crippen LogP contribution in [-0.2, 0) is 6.42 Å². The van der Waals surface area contributed by atoms with Gasteiger partial charge in [0.25, 0.3) is 0 Å². The molecular formula is C24H21N9O. The first-order valence-electron chi connectivity index (χ1n) is 10.7. The maximum absolute atomic E-state index is 9.50. The van der Waals surface area contributed by atoms with Crippen molar-refractivity contribution >= 4 is 22.5 Å². The fraction of sp³-hybridized carbons (Fsp3) is 0.167. The van der Waals surface area contributed by atoms with Gasteiger partial charge in [0.1, 0.15) is 18.2 Å². The molecule has 168 valence electrons. The molecule has 34 heavy (non-hydrogen) atoms. The summed E-state index contributed by atoms with van der Waals surface area (Å²) in [7, 11) is 0. The predicted octanol–water partition coefficient (Wildman–Crippen LogP) is 3.16. The minimum atomic E-state index is -0.0193. The van der Waals surface area contributed by atoms with Crippen LogP contribution >= 0.6 is 0 Å². The molecule has 0 unspecified atom stereocenters. The van der Waals surface area contributed by atoms with Crippen LogP contribution in [0.1, 0.15) is 22.5 Å². The van der Waals surface area contributed by atoms with Crippen LogP contribution in [0.4, 0.5) is 11.5 Å². The van der Waals surface area contributed by atoms with Crippen molar-refractivity contribution in [2.24, 2.45) is 0 Å². The van der Waals surface area contributed by atoms with Gasteiger partial charge in [-0.25, -0.2) is 14.6 Å². The molecule has 0 saturated heterocycles. The number of aromatic nitrogens is 7. The maximum atomic E-state index is 9.50. The monoisotopic (exact) mass is 451 g/mol. The Morgan fingerprint density at radius 1 is 1.09 bits per heavy atom. The number of rotatable bonds is 6. The van der Waals surface area contributed by atoms with Crippen LogP contribution in [0.3, 0.4) is 0 Å². The molecule has 0 aliphatic heterocycles. The second-order valence-electron chi connectivity index (χ2n) is 7.85. The van der Waals surface area contributed by atoms with E-state index in [1.54, 1.807) is 17.2 Å². The molecule has 0 fully saturated rings. The number of aryl methyl sites for hydroxylation is 2. The zero-order valence-corrected chi connectivity index (χ0v) is 18.6. The lowest BCUT2D eigenvalue weighted by Gasteiger charge is -2.11. The second kappa shape index (κ2) is 8.73. The van der Waals surface area contributed by atoms with Gasteiger partial charge in [-0.2, -0.15) is 15.5 Å². The molecule has 1 aromatic carbocycles. The Labute approximate surface area is 195 Å².